The van der Waals surface area contributed by atoms with Crippen LogP contribution in [-0.2, 0) is 18.4 Å². The Labute approximate surface area is 118 Å². The maximum Gasteiger partial charge on any atom is 0.181 e. The van der Waals surface area contributed by atoms with Gasteiger partial charge >= 0.3 is 0 Å². The van der Waals surface area contributed by atoms with Gasteiger partial charge in [-0.2, -0.15) is 0 Å². The first-order valence-corrected chi connectivity index (χ1v) is 6.93. The molecule has 0 spiro atoms. The Balaban J connectivity index is 2.27. The van der Waals surface area contributed by atoms with Crippen molar-refractivity contribution in [3.8, 4) is 11.3 Å². The number of hydrogen-bond donors (Lipinski definition) is 1. The quantitative estimate of drug-likeness (QED) is 0.866. The van der Waals surface area contributed by atoms with E-state index in [2.05, 4.69) is 31.1 Å². The number of halogens is 1. The van der Waals surface area contributed by atoms with Crippen molar-refractivity contribution in [2.75, 3.05) is 6.54 Å². The first-order valence-electron chi connectivity index (χ1n) is 6.93. The fourth-order valence-corrected chi connectivity index (χ4v) is 2.84. The molecule has 0 radical (unpaired) electrons. The predicted octanol–water partition coefficient (Wildman–Crippen LogP) is 3.42. The number of fused-ring (bicyclic) bond motifs is 1. The number of rotatable bonds is 1. The lowest BCUT2D eigenvalue weighted by molar-refractivity contribution is 0.527. The maximum absolute atomic E-state index is 14.8. The third-order valence-electron chi connectivity index (χ3n) is 3.84. The summed E-state index contributed by atoms with van der Waals surface area (Å²) in [6, 6.07) is 1.92. The van der Waals surface area contributed by atoms with Crippen LogP contribution in [0.15, 0.2) is 23.1 Å². The summed E-state index contributed by atoms with van der Waals surface area (Å²) in [4.78, 5) is 3.90. The molecule has 3 rings (SSSR count). The molecule has 106 valence electrons. The van der Waals surface area contributed by atoms with E-state index >= 15 is 0 Å². The number of nitrogens with zero attached hydrogens (tertiary/aromatic N) is 1. The highest BCUT2D eigenvalue weighted by Gasteiger charge is 2.27. The second-order valence-electron chi connectivity index (χ2n) is 6.29. The molecule has 1 aromatic carbocycles. The Bertz CT molecular complexity index is 627. The lowest BCUT2D eigenvalue weighted by Crippen LogP contribution is -2.29. The van der Waals surface area contributed by atoms with Gasteiger partial charge in [-0.1, -0.05) is 20.8 Å². The van der Waals surface area contributed by atoms with Gasteiger partial charge in [0.2, 0.25) is 0 Å². The summed E-state index contributed by atoms with van der Waals surface area (Å²) in [5.74, 6) is 0.334. The molecule has 1 aliphatic heterocycles. The van der Waals surface area contributed by atoms with Crippen molar-refractivity contribution in [1.29, 1.82) is 0 Å². The molecule has 0 aliphatic carbocycles. The molecule has 1 N–H and O–H groups in total. The van der Waals surface area contributed by atoms with E-state index in [-0.39, 0.29) is 11.2 Å². The Morgan fingerprint density at radius 3 is 2.75 bits per heavy atom. The average molecular weight is 274 g/mol. The molecule has 2 aromatic rings. The first kappa shape index (κ1) is 13.3. The van der Waals surface area contributed by atoms with E-state index in [1.807, 2.05) is 6.07 Å². The Hall–Kier alpha value is -1.68. The van der Waals surface area contributed by atoms with Crippen LogP contribution in [-0.4, -0.2) is 11.5 Å². The second kappa shape index (κ2) is 4.70. The van der Waals surface area contributed by atoms with Crippen LogP contribution in [0.1, 0.15) is 37.5 Å². The molecule has 3 nitrogen and oxygen atoms in total. The molecule has 1 aromatic heterocycles. The van der Waals surface area contributed by atoms with Crippen LogP contribution in [0.3, 0.4) is 0 Å². The minimum Gasteiger partial charge on any atom is -0.443 e. The van der Waals surface area contributed by atoms with E-state index in [4.69, 9.17) is 4.42 Å². The van der Waals surface area contributed by atoms with Crippen LogP contribution in [0, 0.1) is 5.82 Å². The summed E-state index contributed by atoms with van der Waals surface area (Å²) < 4.78 is 20.1. The van der Waals surface area contributed by atoms with Gasteiger partial charge in [0.1, 0.15) is 5.82 Å². The van der Waals surface area contributed by atoms with Crippen molar-refractivity contribution in [3.05, 3.63) is 41.2 Å². The third-order valence-corrected chi connectivity index (χ3v) is 3.84. The molecule has 0 fully saturated rings. The van der Waals surface area contributed by atoms with Crippen LogP contribution < -0.4 is 5.32 Å². The fourth-order valence-electron chi connectivity index (χ4n) is 2.84. The summed E-state index contributed by atoms with van der Waals surface area (Å²) in [5.41, 5.74) is 3.58. The van der Waals surface area contributed by atoms with Crippen molar-refractivity contribution in [2.45, 2.75) is 39.2 Å². The van der Waals surface area contributed by atoms with E-state index in [0.717, 1.165) is 24.2 Å². The zero-order chi connectivity index (χ0) is 14.3. The van der Waals surface area contributed by atoms with Crippen LogP contribution in [0.4, 0.5) is 4.39 Å². The monoisotopic (exact) mass is 274 g/mol. The normalized spacial score (nSPS) is 15.2. The largest absolute Gasteiger partial charge is 0.443 e. The standard InChI is InChI=1S/C16H19FN2O/c1-16(2,3)13-6-11(14-8-19-9-20-14)15(17)10-4-5-18-7-12(10)13/h6,8-9,18H,4-5,7H2,1-3H3. The molecule has 0 amide bonds. The van der Waals surface area contributed by atoms with Crippen molar-refractivity contribution in [3.63, 3.8) is 0 Å². The average Bonchev–Trinajstić information content (AvgIpc) is 2.92. The molecule has 1 aliphatic rings. The Kier molecular flexibility index (Phi) is 3.13. The van der Waals surface area contributed by atoms with Gasteiger partial charge in [-0.3, -0.25) is 0 Å². The highest BCUT2D eigenvalue weighted by molar-refractivity contribution is 5.63. The zero-order valence-corrected chi connectivity index (χ0v) is 12.1. The molecule has 0 bridgehead atoms. The Morgan fingerprint density at radius 1 is 1.30 bits per heavy atom. The van der Waals surface area contributed by atoms with E-state index < -0.39 is 0 Å². The van der Waals surface area contributed by atoms with E-state index in [0.29, 0.717) is 17.7 Å². The maximum atomic E-state index is 14.8. The van der Waals surface area contributed by atoms with Gasteiger partial charge in [0, 0.05) is 6.54 Å². The predicted molar refractivity (Wildman–Crippen MR) is 76.0 cm³/mol. The Morgan fingerprint density at radius 2 is 2.10 bits per heavy atom. The van der Waals surface area contributed by atoms with Crippen LogP contribution in [0.2, 0.25) is 0 Å². The highest BCUT2D eigenvalue weighted by atomic mass is 19.1. The van der Waals surface area contributed by atoms with Crippen LogP contribution in [0.5, 0.6) is 0 Å². The topological polar surface area (TPSA) is 38.1 Å². The summed E-state index contributed by atoms with van der Waals surface area (Å²) in [5, 5.41) is 3.33. The number of oxazole rings is 1. The second-order valence-corrected chi connectivity index (χ2v) is 6.29. The summed E-state index contributed by atoms with van der Waals surface area (Å²) in [6.07, 6.45) is 3.62. The van der Waals surface area contributed by atoms with Crippen molar-refractivity contribution < 1.29 is 8.81 Å². The molecule has 0 unspecified atom stereocenters. The minimum absolute atomic E-state index is 0.0361. The number of nitrogens with one attached hydrogen (secondary N) is 1. The van der Waals surface area contributed by atoms with E-state index in [1.165, 1.54) is 12.0 Å². The molecule has 4 heteroatoms. The minimum atomic E-state index is -0.161. The summed E-state index contributed by atoms with van der Waals surface area (Å²) in [6.45, 7) is 8.00. The smallest absolute Gasteiger partial charge is 0.181 e. The van der Waals surface area contributed by atoms with Gasteiger partial charge in [-0.15, -0.1) is 0 Å². The number of benzene rings is 1. The molecular weight excluding hydrogens is 255 g/mol. The molecule has 0 saturated heterocycles. The van der Waals surface area contributed by atoms with Gasteiger partial charge in [0.15, 0.2) is 12.2 Å². The molecule has 0 atom stereocenters. The van der Waals surface area contributed by atoms with E-state index in [1.54, 1.807) is 6.20 Å². The van der Waals surface area contributed by atoms with Crippen molar-refractivity contribution in [2.24, 2.45) is 0 Å². The highest BCUT2D eigenvalue weighted by Crippen LogP contribution is 2.36. The van der Waals surface area contributed by atoms with Gasteiger partial charge in [-0.05, 0) is 41.1 Å². The van der Waals surface area contributed by atoms with Crippen LogP contribution >= 0.6 is 0 Å². The number of aromatic nitrogens is 1. The molecular formula is C16H19FN2O. The molecule has 20 heavy (non-hydrogen) atoms. The molecule has 0 saturated carbocycles. The zero-order valence-electron chi connectivity index (χ0n) is 12.1. The van der Waals surface area contributed by atoms with Gasteiger partial charge in [-0.25, -0.2) is 9.37 Å². The molecule has 2 heterocycles. The fraction of sp³-hybridized carbons (Fsp3) is 0.438. The van der Waals surface area contributed by atoms with E-state index in [9.17, 15) is 4.39 Å². The van der Waals surface area contributed by atoms with Gasteiger partial charge < -0.3 is 9.73 Å². The third kappa shape index (κ3) is 2.14. The van der Waals surface area contributed by atoms with Crippen LogP contribution in [0.25, 0.3) is 11.3 Å². The SMILES string of the molecule is CC(C)(C)c1cc(-c2cnco2)c(F)c2c1CNCC2. The lowest BCUT2D eigenvalue weighted by atomic mass is 9.79. The van der Waals surface area contributed by atoms with Crippen molar-refractivity contribution >= 4 is 0 Å². The number of hydrogen-bond acceptors (Lipinski definition) is 3. The van der Waals surface area contributed by atoms with Gasteiger partial charge in [0.25, 0.3) is 0 Å². The summed E-state index contributed by atoms with van der Waals surface area (Å²) >= 11 is 0. The first-order chi connectivity index (χ1) is 9.48. The lowest BCUT2D eigenvalue weighted by Gasteiger charge is -2.29. The summed E-state index contributed by atoms with van der Waals surface area (Å²) in [7, 11) is 0. The van der Waals surface area contributed by atoms with Gasteiger partial charge in [0.05, 0.1) is 11.8 Å². The van der Waals surface area contributed by atoms with Crippen molar-refractivity contribution in [1.82, 2.24) is 10.3 Å².